The van der Waals surface area contributed by atoms with Crippen molar-refractivity contribution in [3.05, 3.63) is 0 Å². The smallest absolute Gasteiger partial charge is 0.309 e. The van der Waals surface area contributed by atoms with Crippen LogP contribution in [-0.2, 0) is 9.53 Å². The lowest BCUT2D eigenvalue weighted by Gasteiger charge is -2.46. The molecule has 0 bridgehead atoms. The van der Waals surface area contributed by atoms with Crippen molar-refractivity contribution in [2.24, 2.45) is 5.41 Å². The molecular formula is C15H27NO3. The maximum Gasteiger partial charge on any atom is 0.309 e. The molecule has 4 nitrogen and oxygen atoms in total. The molecule has 110 valence electrons. The summed E-state index contributed by atoms with van der Waals surface area (Å²) in [6.45, 7) is 8.92. The number of hydrogen-bond donors (Lipinski definition) is 1. The van der Waals surface area contributed by atoms with Crippen LogP contribution in [-0.4, -0.2) is 47.3 Å². The Kier molecular flexibility index (Phi) is 4.21. The normalized spacial score (nSPS) is 36.1. The predicted octanol–water partition coefficient (Wildman–Crippen LogP) is 2.52. The van der Waals surface area contributed by atoms with Gasteiger partial charge in [0.15, 0.2) is 0 Å². The van der Waals surface area contributed by atoms with Gasteiger partial charge in [-0.3, -0.25) is 4.79 Å². The number of hydrogen-bond acceptors (Lipinski definition) is 3. The zero-order valence-corrected chi connectivity index (χ0v) is 12.4. The van der Waals surface area contributed by atoms with Crippen molar-refractivity contribution in [3.63, 3.8) is 0 Å². The van der Waals surface area contributed by atoms with Crippen molar-refractivity contribution in [2.45, 2.75) is 64.5 Å². The maximum atomic E-state index is 11.3. The first-order chi connectivity index (χ1) is 8.88. The summed E-state index contributed by atoms with van der Waals surface area (Å²) in [6.07, 6.45) is 4.74. The van der Waals surface area contributed by atoms with Crippen molar-refractivity contribution in [1.29, 1.82) is 0 Å². The summed E-state index contributed by atoms with van der Waals surface area (Å²) in [5.74, 6) is -0.641. The number of rotatable bonds is 3. The molecule has 0 aliphatic carbocycles. The summed E-state index contributed by atoms with van der Waals surface area (Å²) in [7, 11) is 0. The molecule has 2 rings (SSSR count). The van der Waals surface area contributed by atoms with Crippen molar-refractivity contribution in [3.8, 4) is 0 Å². The first-order valence-corrected chi connectivity index (χ1v) is 7.50. The summed E-state index contributed by atoms with van der Waals surface area (Å²) < 4.78 is 5.89. The maximum absolute atomic E-state index is 11.3. The van der Waals surface area contributed by atoms with E-state index in [1.54, 1.807) is 0 Å². The van der Waals surface area contributed by atoms with Crippen LogP contribution >= 0.6 is 0 Å². The third-order valence-corrected chi connectivity index (χ3v) is 5.25. The van der Waals surface area contributed by atoms with E-state index < -0.39 is 11.4 Å². The van der Waals surface area contributed by atoms with E-state index in [4.69, 9.17) is 4.74 Å². The molecule has 1 N–H and O–H groups in total. The highest BCUT2D eigenvalue weighted by Gasteiger charge is 2.41. The fraction of sp³-hybridized carbons (Fsp3) is 0.933. The zero-order chi connectivity index (χ0) is 14.1. The first kappa shape index (κ1) is 14.8. The average molecular weight is 269 g/mol. The van der Waals surface area contributed by atoms with Crippen LogP contribution in [0, 0.1) is 5.41 Å². The molecule has 0 radical (unpaired) electrons. The Balaban J connectivity index is 1.93. The van der Waals surface area contributed by atoms with E-state index in [-0.39, 0.29) is 5.60 Å². The SMILES string of the molecule is CCC1(C)CC(N2CCC(C)(C(=O)O)CC2)CCO1. The molecule has 2 atom stereocenters. The average Bonchev–Trinajstić information content (AvgIpc) is 2.39. The summed E-state index contributed by atoms with van der Waals surface area (Å²) in [4.78, 5) is 13.8. The summed E-state index contributed by atoms with van der Waals surface area (Å²) in [5.41, 5.74) is -0.508. The van der Waals surface area contributed by atoms with Crippen LogP contribution in [0.15, 0.2) is 0 Å². The second-order valence-corrected chi connectivity index (χ2v) is 6.70. The molecule has 2 saturated heterocycles. The van der Waals surface area contributed by atoms with Crippen molar-refractivity contribution >= 4 is 5.97 Å². The molecular weight excluding hydrogens is 242 g/mol. The molecule has 2 unspecified atom stereocenters. The van der Waals surface area contributed by atoms with Gasteiger partial charge in [0.05, 0.1) is 11.0 Å². The summed E-state index contributed by atoms with van der Waals surface area (Å²) in [6, 6.07) is 0.567. The van der Waals surface area contributed by atoms with Crippen LogP contribution in [0.4, 0.5) is 0 Å². The Hall–Kier alpha value is -0.610. The number of carboxylic acids is 1. The van der Waals surface area contributed by atoms with Gasteiger partial charge in [0.25, 0.3) is 0 Å². The molecule has 4 heteroatoms. The molecule has 2 aliphatic rings. The molecule has 0 aromatic heterocycles. The van der Waals surface area contributed by atoms with Gasteiger partial charge < -0.3 is 14.7 Å². The second kappa shape index (κ2) is 5.41. The van der Waals surface area contributed by atoms with Gasteiger partial charge in [-0.15, -0.1) is 0 Å². The van der Waals surface area contributed by atoms with Crippen LogP contribution in [0.2, 0.25) is 0 Å². The fourth-order valence-corrected chi connectivity index (χ4v) is 3.26. The van der Waals surface area contributed by atoms with E-state index >= 15 is 0 Å². The number of likely N-dealkylation sites (tertiary alicyclic amines) is 1. The van der Waals surface area contributed by atoms with Crippen LogP contribution in [0.3, 0.4) is 0 Å². The number of aliphatic carboxylic acids is 1. The quantitative estimate of drug-likeness (QED) is 0.855. The lowest BCUT2D eigenvalue weighted by atomic mass is 9.79. The van der Waals surface area contributed by atoms with E-state index in [0.29, 0.717) is 6.04 Å². The van der Waals surface area contributed by atoms with Gasteiger partial charge in [-0.25, -0.2) is 0 Å². The number of ether oxygens (including phenoxy) is 1. The predicted molar refractivity (Wildman–Crippen MR) is 74.2 cm³/mol. The van der Waals surface area contributed by atoms with Crippen LogP contribution in [0.5, 0.6) is 0 Å². The van der Waals surface area contributed by atoms with Gasteiger partial charge in [-0.05, 0) is 59.0 Å². The van der Waals surface area contributed by atoms with Gasteiger partial charge in [-0.1, -0.05) is 6.92 Å². The number of carbonyl (C=O) groups is 1. The van der Waals surface area contributed by atoms with Gasteiger partial charge in [0, 0.05) is 12.6 Å². The lowest BCUT2D eigenvalue weighted by molar-refractivity contribution is -0.152. The fourth-order valence-electron chi connectivity index (χ4n) is 3.26. The van der Waals surface area contributed by atoms with Crippen LogP contribution in [0.25, 0.3) is 0 Å². The summed E-state index contributed by atoms with van der Waals surface area (Å²) in [5, 5.41) is 9.28. The minimum Gasteiger partial charge on any atom is -0.481 e. The van der Waals surface area contributed by atoms with Crippen LogP contribution < -0.4 is 0 Å². The van der Waals surface area contributed by atoms with Gasteiger partial charge in [0.1, 0.15) is 0 Å². The highest BCUT2D eigenvalue weighted by Crippen LogP contribution is 2.36. The zero-order valence-electron chi connectivity index (χ0n) is 12.4. The number of nitrogens with zero attached hydrogens (tertiary/aromatic N) is 1. The highest BCUT2D eigenvalue weighted by atomic mass is 16.5. The highest BCUT2D eigenvalue weighted by molar-refractivity contribution is 5.74. The van der Waals surface area contributed by atoms with Gasteiger partial charge in [0.2, 0.25) is 0 Å². The Morgan fingerprint density at radius 3 is 2.53 bits per heavy atom. The summed E-state index contributed by atoms with van der Waals surface area (Å²) >= 11 is 0. The number of piperidine rings is 1. The third-order valence-electron chi connectivity index (χ3n) is 5.25. The standard InChI is InChI=1S/C15H27NO3/c1-4-15(3)11-12(5-10-19-15)16-8-6-14(2,7-9-16)13(17)18/h12H,4-11H2,1-3H3,(H,17,18). The molecule has 0 amide bonds. The Morgan fingerprint density at radius 1 is 1.37 bits per heavy atom. The van der Waals surface area contributed by atoms with Crippen molar-refractivity contribution in [1.82, 2.24) is 4.90 Å². The monoisotopic (exact) mass is 269 g/mol. The van der Waals surface area contributed by atoms with E-state index in [2.05, 4.69) is 18.7 Å². The molecule has 2 aliphatic heterocycles. The molecule has 0 spiro atoms. The minimum absolute atomic E-state index is 0.0104. The molecule has 0 aromatic rings. The van der Waals surface area contributed by atoms with E-state index in [0.717, 1.165) is 51.8 Å². The van der Waals surface area contributed by atoms with E-state index in [9.17, 15) is 9.90 Å². The van der Waals surface area contributed by atoms with E-state index in [1.807, 2.05) is 6.92 Å². The van der Waals surface area contributed by atoms with Crippen molar-refractivity contribution < 1.29 is 14.6 Å². The molecule has 2 fully saturated rings. The van der Waals surface area contributed by atoms with Gasteiger partial charge >= 0.3 is 5.97 Å². The molecule has 2 heterocycles. The Labute approximate surface area is 116 Å². The number of carboxylic acid groups (broad SMARTS) is 1. The topological polar surface area (TPSA) is 49.8 Å². The Morgan fingerprint density at radius 2 is 2.00 bits per heavy atom. The van der Waals surface area contributed by atoms with Gasteiger partial charge in [-0.2, -0.15) is 0 Å². The molecule has 0 saturated carbocycles. The largest absolute Gasteiger partial charge is 0.481 e. The second-order valence-electron chi connectivity index (χ2n) is 6.70. The third kappa shape index (κ3) is 3.11. The first-order valence-electron chi connectivity index (χ1n) is 7.50. The molecule has 0 aromatic carbocycles. The Bertz CT molecular complexity index is 336. The van der Waals surface area contributed by atoms with E-state index in [1.165, 1.54) is 0 Å². The minimum atomic E-state index is -0.641. The van der Waals surface area contributed by atoms with Crippen LogP contribution in [0.1, 0.15) is 52.9 Å². The lowest BCUT2D eigenvalue weighted by Crippen LogP contribution is -2.51. The van der Waals surface area contributed by atoms with Crippen molar-refractivity contribution in [2.75, 3.05) is 19.7 Å². The molecule has 19 heavy (non-hydrogen) atoms.